The first-order chi connectivity index (χ1) is 15.7. The third-order valence-electron chi connectivity index (χ3n) is 5.68. The van der Waals surface area contributed by atoms with E-state index < -0.39 is 0 Å². The molecule has 1 saturated heterocycles. The molecule has 0 unspecified atom stereocenters. The Bertz CT molecular complexity index is 1110. The highest BCUT2D eigenvalue weighted by atomic mass is 19.1. The fraction of sp³-hybridized carbons (Fsp3) is 0.304. The van der Waals surface area contributed by atoms with Crippen molar-refractivity contribution in [2.45, 2.75) is 6.54 Å². The molecule has 0 atom stereocenters. The zero-order chi connectivity index (χ0) is 21.9. The predicted molar refractivity (Wildman–Crippen MR) is 117 cm³/mol. The maximum absolute atomic E-state index is 14.2. The monoisotopic (exact) mass is 437 g/mol. The Morgan fingerprint density at radius 2 is 1.88 bits per heavy atom. The van der Waals surface area contributed by atoms with Crippen molar-refractivity contribution < 1.29 is 18.7 Å². The van der Waals surface area contributed by atoms with Crippen LogP contribution in [0, 0.1) is 5.82 Å². The van der Waals surface area contributed by atoms with Gasteiger partial charge in [-0.25, -0.2) is 9.37 Å². The lowest BCUT2D eigenvalue weighted by Crippen LogP contribution is -2.50. The molecule has 0 radical (unpaired) electrons. The number of hydrogen-bond donors (Lipinski definition) is 1. The third-order valence-corrected chi connectivity index (χ3v) is 5.68. The molecule has 1 fully saturated rings. The van der Waals surface area contributed by atoms with Gasteiger partial charge in [0.15, 0.2) is 11.5 Å². The average molecular weight is 437 g/mol. The number of para-hydroxylation sites is 1. The van der Waals surface area contributed by atoms with Crippen molar-refractivity contribution in [1.82, 2.24) is 19.8 Å². The number of halogens is 1. The fourth-order valence-electron chi connectivity index (χ4n) is 3.98. The van der Waals surface area contributed by atoms with E-state index in [1.54, 1.807) is 29.1 Å². The molecule has 1 N–H and O–H groups in total. The van der Waals surface area contributed by atoms with E-state index in [2.05, 4.69) is 20.1 Å². The summed E-state index contributed by atoms with van der Waals surface area (Å²) >= 11 is 0. The first kappa shape index (κ1) is 20.3. The number of piperazine rings is 1. The summed E-state index contributed by atoms with van der Waals surface area (Å²) in [7, 11) is 0. The van der Waals surface area contributed by atoms with Gasteiger partial charge in [0.05, 0.1) is 12.2 Å². The molecule has 8 nitrogen and oxygen atoms in total. The Morgan fingerprint density at radius 3 is 2.72 bits per heavy atom. The summed E-state index contributed by atoms with van der Waals surface area (Å²) in [4.78, 5) is 21.1. The van der Waals surface area contributed by atoms with E-state index in [9.17, 15) is 9.18 Å². The van der Waals surface area contributed by atoms with Crippen LogP contribution in [0.5, 0.6) is 11.5 Å². The van der Waals surface area contributed by atoms with E-state index in [1.165, 1.54) is 6.07 Å². The van der Waals surface area contributed by atoms with Crippen molar-refractivity contribution in [1.29, 1.82) is 0 Å². The van der Waals surface area contributed by atoms with Crippen molar-refractivity contribution in [2.24, 2.45) is 0 Å². The summed E-state index contributed by atoms with van der Waals surface area (Å²) in [5.41, 5.74) is 1.44. The number of fused-ring (bicyclic) bond motifs is 1. The number of rotatable bonds is 6. The van der Waals surface area contributed by atoms with Gasteiger partial charge in [-0.2, -0.15) is 0 Å². The van der Waals surface area contributed by atoms with E-state index in [4.69, 9.17) is 9.47 Å². The quantitative estimate of drug-likeness (QED) is 0.638. The zero-order valence-electron chi connectivity index (χ0n) is 17.5. The van der Waals surface area contributed by atoms with Gasteiger partial charge in [-0.3, -0.25) is 14.3 Å². The van der Waals surface area contributed by atoms with Crippen LogP contribution in [0.4, 0.5) is 10.3 Å². The highest BCUT2D eigenvalue weighted by Crippen LogP contribution is 2.32. The van der Waals surface area contributed by atoms with Gasteiger partial charge in [0, 0.05) is 45.1 Å². The summed E-state index contributed by atoms with van der Waals surface area (Å²) in [6.45, 7) is 3.87. The smallest absolute Gasteiger partial charge is 0.234 e. The molecule has 2 aliphatic heterocycles. The number of aromatic nitrogens is 2. The molecule has 3 heterocycles. The second-order valence-electron chi connectivity index (χ2n) is 7.78. The van der Waals surface area contributed by atoms with Gasteiger partial charge >= 0.3 is 0 Å². The topological polar surface area (TPSA) is 71.9 Å². The Hall–Kier alpha value is -3.59. The van der Waals surface area contributed by atoms with Gasteiger partial charge in [0.1, 0.15) is 5.82 Å². The molecule has 1 aromatic heterocycles. The largest absolute Gasteiger partial charge is 0.454 e. The third kappa shape index (κ3) is 4.24. The minimum Gasteiger partial charge on any atom is -0.454 e. The molecule has 3 aromatic rings. The van der Waals surface area contributed by atoms with Crippen molar-refractivity contribution in [3.8, 4) is 17.2 Å². The summed E-state index contributed by atoms with van der Waals surface area (Å²) in [5.74, 6) is 1.84. The molecule has 9 heteroatoms. The predicted octanol–water partition coefficient (Wildman–Crippen LogP) is 2.18. The summed E-state index contributed by atoms with van der Waals surface area (Å²) in [6.07, 6.45) is 3.45. The van der Waals surface area contributed by atoms with Crippen molar-refractivity contribution in [2.75, 3.05) is 44.4 Å². The Morgan fingerprint density at radius 1 is 1.06 bits per heavy atom. The summed E-state index contributed by atoms with van der Waals surface area (Å²) in [6, 6.07) is 12.3. The number of benzene rings is 2. The van der Waals surface area contributed by atoms with E-state index in [0.29, 0.717) is 43.6 Å². The number of ether oxygens (including phenoxy) is 2. The minimum absolute atomic E-state index is 0.0241. The van der Waals surface area contributed by atoms with Gasteiger partial charge in [-0.1, -0.05) is 18.2 Å². The lowest BCUT2D eigenvalue weighted by molar-refractivity contribution is -0.122. The normalized spacial score (nSPS) is 15.7. The van der Waals surface area contributed by atoms with Gasteiger partial charge in [0.25, 0.3) is 0 Å². The van der Waals surface area contributed by atoms with Gasteiger partial charge in [0.2, 0.25) is 18.6 Å². The SMILES string of the molecule is O=C(CN1CCN(c2nccn2-c2ccccc2F)CC1)NCc1ccc2c(c1)OCO2. The Kier molecular flexibility index (Phi) is 5.64. The highest BCUT2D eigenvalue weighted by Gasteiger charge is 2.23. The highest BCUT2D eigenvalue weighted by molar-refractivity contribution is 5.78. The van der Waals surface area contributed by atoms with Crippen molar-refractivity contribution in [3.05, 3.63) is 66.2 Å². The molecule has 2 aliphatic rings. The molecular formula is C23H24FN5O3. The van der Waals surface area contributed by atoms with E-state index in [-0.39, 0.29) is 18.5 Å². The number of carbonyl (C=O) groups excluding carboxylic acids is 1. The summed E-state index contributed by atoms with van der Waals surface area (Å²) in [5, 5.41) is 2.96. The second-order valence-corrected chi connectivity index (χ2v) is 7.78. The van der Waals surface area contributed by atoms with E-state index in [0.717, 1.165) is 24.4 Å². The van der Waals surface area contributed by atoms with Crippen LogP contribution in [-0.4, -0.2) is 59.9 Å². The number of hydrogen-bond acceptors (Lipinski definition) is 6. The van der Waals surface area contributed by atoms with E-state index >= 15 is 0 Å². The number of imidazole rings is 1. The molecule has 5 rings (SSSR count). The van der Waals surface area contributed by atoms with E-state index in [1.807, 2.05) is 24.3 Å². The maximum Gasteiger partial charge on any atom is 0.234 e. The van der Waals surface area contributed by atoms with Crippen LogP contribution in [0.2, 0.25) is 0 Å². The van der Waals surface area contributed by atoms with Crippen molar-refractivity contribution in [3.63, 3.8) is 0 Å². The van der Waals surface area contributed by atoms with Crippen LogP contribution in [0.15, 0.2) is 54.9 Å². The molecule has 32 heavy (non-hydrogen) atoms. The molecule has 166 valence electrons. The zero-order valence-corrected chi connectivity index (χ0v) is 17.5. The molecule has 0 spiro atoms. The van der Waals surface area contributed by atoms with Gasteiger partial charge < -0.3 is 19.7 Å². The fourth-order valence-corrected chi connectivity index (χ4v) is 3.98. The molecular weight excluding hydrogens is 413 g/mol. The molecule has 0 bridgehead atoms. The van der Waals surface area contributed by atoms with Crippen LogP contribution < -0.4 is 19.7 Å². The van der Waals surface area contributed by atoms with Crippen LogP contribution in [0.1, 0.15) is 5.56 Å². The Balaban J connectivity index is 1.13. The number of amides is 1. The molecule has 0 saturated carbocycles. The second kappa shape index (κ2) is 8.88. The van der Waals surface area contributed by atoms with Crippen LogP contribution in [-0.2, 0) is 11.3 Å². The first-order valence-corrected chi connectivity index (χ1v) is 10.6. The number of anilines is 1. The lowest BCUT2D eigenvalue weighted by Gasteiger charge is -2.35. The lowest BCUT2D eigenvalue weighted by atomic mass is 10.2. The average Bonchev–Trinajstić information content (AvgIpc) is 3.48. The van der Waals surface area contributed by atoms with Crippen LogP contribution in [0.3, 0.4) is 0 Å². The standard InChI is InChI=1S/C23H24FN5O3/c24-18-3-1-2-4-19(18)29-8-7-25-23(29)28-11-9-27(10-12-28)15-22(30)26-14-17-5-6-20-21(13-17)32-16-31-20/h1-8,13H,9-12,14-16H2,(H,26,30). The van der Waals surface area contributed by atoms with Gasteiger partial charge in [-0.05, 0) is 29.8 Å². The summed E-state index contributed by atoms with van der Waals surface area (Å²) < 4.78 is 26.7. The number of nitrogens with one attached hydrogen (secondary N) is 1. The first-order valence-electron chi connectivity index (χ1n) is 10.6. The maximum atomic E-state index is 14.2. The number of nitrogens with zero attached hydrogens (tertiary/aromatic N) is 4. The number of carbonyl (C=O) groups is 1. The molecule has 0 aliphatic carbocycles. The van der Waals surface area contributed by atoms with Gasteiger partial charge in [-0.15, -0.1) is 0 Å². The van der Waals surface area contributed by atoms with Crippen LogP contribution >= 0.6 is 0 Å². The Labute approximate surface area is 185 Å². The van der Waals surface area contributed by atoms with Crippen molar-refractivity contribution >= 4 is 11.9 Å². The minimum atomic E-state index is -0.287. The molecule has 2 aromatic carbocycles. The molecule has 1 amide bonds. The van der Waals surface area contributed by atoms with Crippen LogP contribution in [0.25, 0.3) is 5.69 Å².